The molecule has 0 spiro atoms. The molecular weight excluding hydrogens is 216 g/mol. The molecule has 92 valence electrons. The summed E-state index contributed by atoms with van der Waals surface area (Å²) in [7, 11) is 0. The molecule has 3 nitrogen and oxygen atoms in total. The van der Waals surface area contributed by atoms with E-state index in [9.17, 15) is 9.59 Å². The first kappa shape index (κ1) is 13.4. The van der Waals surface area contributed by atoms with E-state index in [1.807, 2.05) is 30.3 Å². The Bertz CT molecular complexity index is 397. The second-order valence-electron chi connectivity index (χ2n) is 4.27. The van der Waals surface area contributed by atoms with Gasteiger partial charge in [0.05, 0.1) is 6.61 Å². The molecule has 1 aromatic rings. The molecule has 17 heavy (non-hydrogen) atoms. The Morgan fingerprint density at radius 1 is 1.24 bits per heavy atom. The van der Waals surface area contributed by atoms with Gasteiger partial charge in [0.25, 0.3) is 0 Å². The summed E-state index contributed by atoms with van der Waals surface area (Å²) in [6.45, 7) is 5.09. The van der Waals surface area contributed by atoms with Crippen molar-refractivity contribution in [2.24, 2.45) is 5.41 Å². The number of hydrogen-bond donors (Lipinski definition) is 0. The zero-order valence-electron chi connectivity index (χ0n) is 10.5. The second-order valence-corrected chi connectivity index (χ2v) is 4.27. The molecule has 0 aliphatic carbocycles. The van der Waals surface area contributed by atoms with Gasteiger partial charge in [-0.25, -0.2) is 0 Å². The van der Waals surface area contributed by atoms with Crippen molar-refractivity contribution >= 4 is 11.8 Å². The molecule has 1 atom stereocenters. The Morgan fingerprint density at radius 3 is 2.29 bits per heavy atom. The number of rotatable bonds is 5. The van der Waals surface area contributed by atoms with Gasteiger partial charge < -0.3 is 4.74 Å². The van der Waals surface area contributed by atoms with Gasteiger partial charge in [-0.15, -0.1) is 0 Å². The number of hydrogen-bond acceptors (Lipinski definition) is 3. The molecule has 0 aliphatic heterocycles. The van der Waals surface area contributed by atoms with Crippen molar-refractivity contribution in [1.82, 2.24) is 0 Å². The van der Waals surface area contributed by atoms with Crippen LogP contribution in [0, 0.1) is 5.41 Å². The smallest absolute Gasteiger partial charge is 0.319 e. The fraction of sp³-hybridized carbons (Fsp3) is 0.429. The monoisotopic (exact) mass is 234 g/mol. The first-order chi connectivity index (χ1) is 8.00. The Balaban J connectivity index is 2.93. The fourth-order valence-corrected chi connectivity index (χ4v) is 1.63. The predicted octanol–water partition coefficient (Wildman–Crippen LogP) is 2.39. The highest BCUT2D eigenvalue weighted by atomic mass is 16.5. The van der Waals surface area contributed by atoms with Crippen molar-refractivity contribution in [3.8, 4) is 0 Å². The van der Waals surface area contributed by atoms with Crippen molar-refractivity contribution in [2.45, 2.75) is 27.2 Å². The Labute approximate surface area is 102 Å². The van der Waals surface area contributed by atoms with Crippen LogP contribution in [-0.2, 0) is 20.7 Å². The molecule has 0 unspecified atom stereocenters. The third-order valence-electron chi connectivity index (χ3n) is 2.90. The van der Waals surface area contributed by atoms with Crippen molar-refractivity contribution < 1.29 is 14.3 Å². The number of carbonyl (C=O) groups excluding carboxylic acids is 2. The van der Waals surface area contributed by atoms with Gasteiger partial charge in [-0.05, 0) is 32.8 Å². The lowest BCUT2D eigenvalue weighted by molar-refractivity contribution is -0.158. The van der Waals surface area contributed by atoms with E-state index < -0.39 is 11.4 Å². The highest BCUT2D eigenvalue weighted by Gasteiger charge is 2.39. The maximum Gasteiger partial charge on any atom is 0.319 e. The van der Waals surface area contributed by atoms with Gasteiger partial charge in [-0.2, -0.15) is 0 Å². The number of Topliss-reactive ketones (excluding diaryl/α,β-unsaturated/α-hetero) is 1. The lowest BCUT2D eigenvalue weighted by atomic mass is 9.80. The van der Waals surface area contributed by atoms with E-state index in [2.05, 4.69) is 0 Å². The average Bonchev–Trinajstić information content (AvgIpc) is 2.30. The molecule has 0 amide bonds. The largest absolute Gasteiger partial charge is 0.465 e. The van der Waals surface area contributed by atoms with E-state index in [4.69, 9.17) is 4.74 Å². The maximum atomic E-state index is 11.9. The number of benzene rings is 1. The Kier molecular flexibility index (Phi) is 4.44. The van der Waals surface area contributed by atoms with Crippen molar-refractivity contribution in [3.63, 3.8) is 0 Å². The molecule has 1 aromatic carbocycles. The second kappa shape index (κ2) is 5.62. The molecule has 0 heterocycles. The summed E-state index contributed by atoms with van der Waals surface area (Å²) in [5, 5.41) is 0. The molecule has 0 bridgehead atoms. The number of esters is 1. The highest BCUT2D eigenvalue weighted by Crippen LogP contribution is 2.25. The van der Waals surface area contributed by atoms with Crippen LogP contribution in [0.1, 0.15) is 26.3 Å². The molecule has 0 radical (unpaired) electrons. The molecular formula is C14H18O3. The molecule has 0 aromatic heterocycles. The number of ketones is 1. The van der Waals surface area contributed by atoms with E-state index in [0.29, 0.717) is 6.42 Å². The summed E-state index contributed by atoms with van der Waals surface area (Å²) in [6, 6.07) is 9.49. The Hall–Kier alpha value is -1.64. The summed E-state index contributed by atoms with van der Waals surface area (Å²) in [6.07, 6.45) is 0.377. The van der Waals surface area contributed by atoms with Crippen LogP contribution in [0.15, 0.2) is 30.3 Å². The van der Waals surface area contributed by atoms with Gasteiger partial charge in [0.1, 0.15) is 11.2 Å². The summed E-state index contributed by atoms with van der Waals surface area (Å²) in [4.78, 5) is 23.6. The van der Waals surface area contributed by atoms with Crippen LogP contribution in [-0.4, -0.2) is 18.4 Å². The van der Waals surface area contributed by atoms with E-state index in [1.165, 1.54) is 6.92 Å². The van der Waals surface area contributed by atoms with Crippen LogP contribution in [0.3, 0.4) is 0 Å². The van der Waals surface area contributed by atoms with Crippen molar-refractivity contribution in [2.75, 3.05) is 6.61 Å². The maximum absolute atomic E-state index is 11.9. The lowest BCUT2D eigenvalue weighted by Gasteiger charge is -2.24. The van der Waals surface area contributed by atoms with Crippen LogP contribution in [0.25, 0.3) is 0 Å². The normalized spacial score (nSPS) is 13.8. The molecule has 0 saturated carbocycles. The van der Waals surface area contributed by atoms with Crippen LogP contribution >= 0.6 is 0 Å². The molecule has 0 saturated heterocycles. The van der Waals surface area contributed by atoms with Gasteiger partial charge in [-0.1, -0.05) is 30.3 Å². The summed E-state index contributed by atoms with van der Waals surface area (Å²) >= 11 is 0. The zero-order valence-corrected chi connectivity index (χ0v) is 10.5. The fourth-order valence-electron chi connectivity index (χ4n) is 1.63. The van der Waals surface area contributed by atoms with Crippen LogP contribution in [0.5, 0.6) is 0 Å². The summed E-state index contributed by atoms with van der Waals surface area (Å²) < 4.78 is 4.98. The van der Waals surface area contributed by atoms with Gasteiger partial charge in [0.15, 0.2) is 0 Å². The molecule has 0 fully saturated rings. The standard InChI is InChI=1S/C14H18O3/c1-4-17-13(16)14(3,11(2)15)10-12-8-6-5-7-9-12/h5-9H,4,10H2,1-3H3/t14-/m0/s1. The summed E-state index contributed by atoms with van der Waals surface area (Å²) in [5.41, 5.74) is -0.129. The minimum atomic E-state index is -1.09. The first-order valence-corrected chi connectivity index (χ1v) is 5.73. The third-order valence-corrected chi connectivity index (χ3v) is 2.90. The number of ether oxygens (including phenoxy) is 1. The lowest BCUT2D eigenvalue weighted by Crippen LogP contribution is -2.38. The van der Waals surface area contributed by atoms with Crippen LogP contribution < -0.4 is 0 Å². The van der Waals surface area contributed by atoms with E-state index in [0.717, 1.165) is 5.56 Å². The van der Waals surface area contributed by atoms with Crippen LogP contribution in [0.4, 0.5) is 0 Å². The zero-order chi connectivity index (χ0) is 12.9. The van der Waals surface area contributed by atoms with Crippen molar-refractivity contribution in [1.29, 1.82) is 0 Å². The molecule has 3 heteroatoms. The first-order valence-electron chi connectivity index (χ1n) is 5.73. The average molecular weight is 234 g/mol. The molecule has 0 aliphatic rings. The minimum absolute atomic E-state index is 0.167. The van der Waals surface area contributed by atoms with E-state index in [-0.39, 0.29) is 12.4 Å². The minimum Gasteiger partial charge on any atom is -0.465 e. The van der Waals surface area contributed by atoms with Crippen molar-refractivity contribution in [3.05, 3.63) is 35.9 Å². The topological polar surface area (TPSA) is 43.4 Å². The predicted molar refractivity (Wildman–Crippen MR) is 65.6 cm³/mol. The number of carbonyl (C=O) groups is 2. The highest BCUT2D eigenvalue weighted by molar-refractivity contribution is 6.02. The van der Waals surface area contributed by atoms with Gasteiger partial charge in [0.2, 0.25) is 0 Å². The molecule has 0 N–H and O–H groups in total. The summed E-state index contributed by atoms with van der Waals surface area (Å²) in [5.74, 6) is -0.615. The van der Waals surface area contributed by atoms with Crippen LogP contribution in [0.2, 0.25) is 0 Å². The van der Waals surface area contributed by atoms with Gasteiger partial charge in [0, 0.05) is 0 Å². The van der Waals surface area contributed by atoms with Gasteiger partial charge >= 0.3 is 5.97 Å². The quantitative estimate of drug-likeness (QED) is 0.580. The van der Waals surface area contributed by atoms with Gasteiger partial charge in [-0.3, -0.25) is 9.59 Å². The SMILES string of the molecule is CCOC(=O)[C@@](C)(Cc1ccccc1)C(C)=O. The van der Waals surface area contributed by atoms with E-state index >= 15 is 0 Å². The molecule has 1 rings (SSSR count). The Morgan fingerprint density at radius 2 is 1.82 bits per heavy atom. The van der Waals surface area contributed by atoms with E-state index in [1.54, 1.807) is 13.8 Å². The third kappa shape index (κ3) is 3.16.